The molecule has 0 bridgehead atoms. The fourth-order valence-electron chi connectivity index (χ4n) is 11.2. The molecule has 0 heterocycles. The monoisotopic (exact) mass is 634 g/mol. The van der Waals surface area contributed by atoms with E-state index in [0.717, 1.165) is 11.7 Å². The van der Waals surface area contributed by atoms with E-state index in [1.54, 1.807) is 27.4 Å². The third kappa shape index (κ3) is 6.88. The van der Waals surface area contributed by atoms with Crippen molar-refractivity contribution in [2.24, 2.45) is 5.92 Å². The third-order valence-corrected chi connectivity index (χ3v) is 12.5. The number of hydrogen-bond acceptors (Lipinski definition) is 0. The van der Waals surface area contributed by atoms with Crippen LogP contribution in [0.3, 0.4) is 0 Å². The van der Waals surface area contributed by atoms with E-state index >= 15 is 0 Å². The van der Waals surface area contributed by atoms with Gasteiger partial charge < -0.3 is 0 Å². The first-order valence-electron chi connectivity index (χ1n) is 19.2. The molecule has 0 aromatic heterocycles. The summed E-state index contributed by atoms with van der Waals surface area (Å²) < 4.78 is 0. The molecule has 2 atom stereocenters. The van der Waals surface area contributed by atoms with Crippen LogP contribution in [-0.4, -0.2) is 13.4 Å². The second kappa shape index (κ2) is 14.1. The molecule has 48 heavy (non-hydrogen) atoms. The lowest BCUT2D eigenvalue weighted by atomic mass is 9.30. The van der Waals surface area contributed by atoms with Crippen LogP contribution < -0.4 is 21.9 Å². The lowest BCUT2D eigenvalue weighted by molar-refractivity contribution is 0.547. The Hall–Kier alpha value is -2.99. The van der Waals surface area contributed by atoms with E-state index in [2.05, 4.69) is 125 Å². The minimum absolute atomic E-state index is 0.457. The zero-order valence-corrected chi connectivity index (χ0v) is 32.2. The molecular weight excluding hydrogens is 574 g/mol. The van der Waals surface area contributed by atoms with Gasteiger partial charge in [0.05, 0.1) is 0 Å². The topological polar surface area (TPSA) is 0 Å². The van der Waals surface area contributed by atoms with Gasteiger partial charge in [0.25, 0.3) is 0 Å². The lowest BCUT2D eigenvalue weighted by Crippen LogP contribution is -2.51. The van der Waals surface area contributed by atoms with Gasteiger partial charge in [-0.05, 0) is 88.5 Å². The Kier molecular flexibility index (Phi) is 10.2. The molecule has 4 aromatic carbocycles. The molecular formula is C46H60B2. The van der Waals surface area contributed by atoms with Crippen LogP contribution in [0.4, 0.5) is 0 Å². The van der Waals surface area contributed by atoms with E-state index < -0.39 is 0 Å². The third-order valence-electron chi connectivity index (χ3n) is 12.5. The van der Waals surface area contributed by atoms with Gasteiger partial charge in [-0.3, -0.25) is 0 Å². The van der Waals surface area contributed by atoms with Crippen molar-refractivity contribution in [3.05, 3.63) is 115 Å². The van der Waals surface area contributed by atoms with Crippen molar-refractivity contribution in [2.75, 3.05) is 0 Å². The molecule has 6 rings (SSSR count). The van der Waals surface area contributed by atoms with Crippen molar-refractivity contribution in [2.45, 2.75) is 139 Å². The molecule has 2 aliphatic rings. The largest absolute Gasteiger partial charge is 0.213 e. The summed E-state index contributed by atoms with van der Waals surface area (Å²) in [5, 5.41) is 0. The zero-order valence-electron chi connectivity index (χ0n) is 32.2. The maximum Gasteiger partial charge on any atom is 0.213 e. The summed E-state index contributed by atoms with van der Waals surface area (Å²) in [6.07, 6.45) is 10.7. The first kappa shape index (κ1) is 34.9. The van der Waals surface area contributed by atoms with Gasteiger partial charge in [0, 0.05) is 0 Å². The summed E-state index contributed by atoms with van der Waals surface area (Å²) in [7, 11) is 0. The van der Waals surface area contributed by atoms with E-state index in [1.165, 1.54) is 113 Å². The van der Waals surface area contributed by atoms with E-state index in [9.17, 15) is 0 Å². The predicted octanol–water partition coefficient (Wildman–Crippen LogP) is 9.65. The Bertz CT molecular complexity index is 1690. The number of hydrogen-bond donors (Lipinski definition) is 0. The highest BCUT2D eigenvalue weighted by molar-refractivity contribution is 6.88. The summed E-state index contributed by atoms with van der Waals surface area (Å²) in [6.45, 7) is 26.7. The Morgan fingerprint density at radius 3 is 1.19 bits per heavy atom. The Morgan fingerprint density at radius 2 is 0.771 bits per heavy atom. The second-order valence-corrected chi connectivity index (χ2v) is 16.7. The molecule has 0 amide bonds. The molecule has 0 nitrogen and oxygen atoms in total. The number of aryl methyl sites for hydroxylation is 11. The quantitative estimate of drug-likeness (QED) is 0.169. The van der Waals surface area contributed by atoms with Crippen LogP contribution in [0.25, 0.3) is 0 Å². The number of benzene rings is 4. The molecule has 0 aliphatic heterocycles. The Balaban J connectivity index is 1.40. The van der Waals surface area contributed by atoms with Gasteiger partial charge in [-0.2, -0.15) is 0 Å². The van der Waals surface area contributed by atoms with Crippen LogP contribution in [0, 0.1) is 82.1 Å². The van der Waals surface area contributed by atoms with Crippen molar-refractivity contribution in [3.63, 3.8) is 0 Å². The van der Waals surface area contributed by atoms with Crippen LogP contribution >= 0.6 is 0 Å². The summed E-state index contributed by atoms with van der Waals surface area (Å²) in [5.41, 5.74) is 24.1. The fraction of sp³-hybridized carbons (Fsp3) is 0.478. The molecule has 0 spiro atoms. The van der Waals surface area contributed by atoms with Crippen LogP contribution in [0.5, 0.6) is 0 Å². The zero-order chi connectivity index (χ0) is 34.4. The van der Waals surface area contributed by atoms with E-state index in [-0.39, 0.29) is 0 Å². The molecule has 0 radical (unpaired) electrons. The number of rotatable bonds is 8. The van der Waals surface area contributed by atoms with Gasteiger partial charge in [0.1, 0.15) is 0 Å². The van der Waals surface area contributed by atoms with Crippen molar-refractivity contribution in [1.29, 1.82) is 0 Å². The average molecular weight is 635 g/mol. The second-order valence-electron chi connectivity index (χ2n) is 16.7. The predicted molar refractivity (Wildman–Crippen MR) is 215 cm³/mol. The van der Waals surface area contributed by atoms with Gasteiger partial charge in [0.2, 0.25) is 13.4 Å². The average Bonchev–Trinajstić information content (AvgIpc) is 3.66. The van der Waals surface area contributed by atoms with E-state index in [4.69, 9.17) is 0 Å². The van der Waals surface area contributed by atoms with E-state index in [0.29, 0.717) is 19.2 Å². The highest BCUT2D eigenvalue weighted by Gasteiger charge is 2.40. The lowest BCUT2D eigenvalue weighted by Gasteiger charge is -2.30. The normalized spacial score (nSPS) is 18.1. The van der Waals surface area contributed by atoms with Crippen molar-refractivity contribution in [3.8, 4) is 0 Å². The molecule has 1 unspecified atom stereocenters. The molecule has 4 aromatic rings. The van der Waals surface area contributed by atoms with Crippen LogP contribution in [0.2, 0.25) is 11.6 Å². The van der Waals surface area contributed by atoms with Crippen LogP contribution in [0.1, 0.15) is 112 Å². The fourth-order valence-corrected chi connectivity index (χ4v) is 11.2. The summed E-state index contributed by atoms with van der Waals surface area (Å²) in [5.74, 6) is 2.13. The highest BCUT2D eigenvalue weighted by atomic mass is 14.3. The van der Waals surface area contributed by atoms with Crippen molar-refractivity contribution in [1.82, 2.24) is 0 Å². The smallest absolute Gasteiger partial charge is 0.0681 e. The SMILES string of the molecule is Cc1cc(C)c(B(c2c(C)cc(C)cc2CC2CC[C@@H](B(c3c(C)cc(C)cc3C)c3c(C)cc(C)cc3C)C2)C2CCCC2)c(C)c1. The van der Waals surface area contributed by atoms with Crippen molar-refractivity contribution < 1.29 is 0 Å². The minimum atomic E-state index is 0.457. The maximum atomic E-state index is 2.59. The highest BCUT2D eigenvalue weighted by Crippen LogP contribution is 2.41. The molecule has 2 aliphatic carbocycles. The first-order chi connectivity index (χ1) is 22.8. The molecule has 2 saturated carbocycles. The van der Waals surface area contributed by atoms with Gasteiger partial charge in [-0.1, -0.05) is 194 Å². The Labute approximate surface area is 294 Å². The molecule has 2 heteroatoms. The van der Waals surface area contributed by atoms with Gasteiger partial charge in [0.15, 0.2) is 0 Å². The molecule has 250 valence electrons. The van der Waals surface area contributed by atoms with Crippen molar-refractivity contribution >= 4 is 35.3 Å². The molecule has 0 N–H and O–H groups in total. The standard InChI is InChI=1S/C46H60B2/c1-28-18-32(5)43(33(6)19-28)47(41-14-12-13-15-41)46-38(11)24-31(4)25-40(46)26-39-16-17-42(27-39)48(44-34(7)20-29(2)21-35(44)8)45-36(9)22-30(3)23-37(45)10/h18-25,39,41-42H,12-17,26-27H2,1-11H3/t39?,42-/m1/s1. The Morgan fingerprint density at radius 1 is 0.417 bits per heavy atom. The summed E-state index contributed by atoms with van der Waals surface area (Å²) in [4.78, 5) is 0. The maximum absolute atomic E-state index is 2.59. The van der Waals surface area contributed by atoms with E-state index in [1.807, 2.05) is 0 Å². The molecule has 2 fully saturated rings. The van der Waals surface area contributed by atoms with Gasteiger partial charge in [-0.25, -0.2) is 0 Å². The summed E-state index contributed by atoms with van der Waals surface area (Å²) in [6, 6.07) is 19.7. The summed E-state index contributed by atoms with van der Waals surface area (Å²) >= 11 is 0. The van der Waals surface area contributed by atoms with Crippen LogP contribution in [0.15, 0.2) is 48.5 Å². The molecule has 0 saturated heterocycles. The van der Waals surface area contributed by atoms with Gasteiger partial charge >= 0.3 is 0 Å². The first-order valence-corrected chi connectivity index (χ1v) is 19.2. The minimum Gasteiger partial charge on any atom is -0.0681 e. The van der Waals surface area contributed by atoms with Crippen LogP contribution in [-0.2, 0) is 6.42 Å². The van der Waals surface area contributed by atoms with Gasteiger partial charge in [-0.15, -0.1) is 0 Å².